The van der Waals surface area contributed by atoms with Gasteiger partial charge >= 0.3 is 0 Å². The zero-order valence-electron chi connectivity index (χ0n) is 17.7. The molecule has 1 aliphatic rings. The standard InChI is InChI=1S/C25H27N3O2S/c1-31-22-9-7-21(8-10-22)23-11-12-24(29)28(26-23)18-25(30)27-15-13-20(14-16-27)17-19-5-3-2-4-6-19/h2-12,20H,13-18H2,1H3. The fourth-order valence-electron chi connectivity index (χ4n) is 4.04. The molecule has 0 atom stereocenters. The van der Waals surface area contributed by atoms with Crippen molar-refractivity contribution < 1.29 is 4.79 Å². The lowest BCUT2D eigenvalue weighted by atomic mass is 9.90. The van der Waals surface area contributed by atoms with Crippen molar-refractivity contribution in [3.05, 3.63) is 82.6 Å². The molecule has 1 fully saturated rings. The number of aromatic nitrogens is 2. The quantitative estimate of drug-likeness (QED) is 0.549. The highest BCUT2D eigenvalue weighted by Crippen LogP contribution is 2.23. The zero-order valence-corrected chi connectivity index (χ0v) is 18.6. The Morgan fingerprint density at radius 3 is 2.39 bits per heavy atom. The van der Waals surface area contributed by atoms with Gasteiger partial charge in [0.15, 0.2) is 0 Å². The van der Waals surface area contributed by atoms with Crippen molar-refractivity contribution in [3.63, 3.8) is 0 Å². The van der Waals surface area contributed by atoms with Crippen LogP contribution in [0.1, 0.15) is 18.4 Å². The third-order valence-corrected chi connectivity index (χ3v) is 6.62. The van der Waals surface area contributed by atoms with Gasteiger partial charge in [0.05, 0.1) is 5.69 Å². The summed E-state index contributed by atoms with van der Waals surface area (Å²) >= 11 is 1.68. The third-order valence-electron chi connectivity index (χ3n) is 5.87. The predicted octanol–water partition coefficient (Wildman–Crippen LogP) is 4.11. The summed E-state index contributed by atoms with van der Waals surface area (Å²) in [7, 11) is 0. The number of benzene rings is 2. The Morgan fingerprint density at radius 2 is 1.71 bits per heavy atom. The van der Waals surface area contributed by atoms with Gasteiger partial charge in [-0.2, -0.15) is 5.10 Å². The third kappa shape index (κ3) is 5.44. The molecular weight excluding hydrogens is 406 g/mol. The Balaban J connectivity index is 1.37. The fraction of sp³-hybridized carbons (Fsp3) is 0.320. The molecule has 5 nitrogen and oxygen atoms in total. The number of hydrogen-bond acceptors (Lipinski definition) is 4. The first-order chi connectivity index (χ1) is 15.1. The second-order valence-corrected chi connectivity index (χ2v) is 8.84. The van der Waals surface area contributed by atoms with E-state index in [0.717, 1.165) is 37.9 Å². The van der Waals surface area contributed by atoms with Crippen LogP contribution in [0.5, 0.6) is 0 Å². The summed E-state index contributed by atoms with van der Waals surface area (Å²) in [6.07, 6.45) is 5.07. The largest absolute Gasteiger partial charge is 0.341 e. The minimum Gasteiger partial charge on any atom is -0.341 e. The SMILES string of the molecule is CSc1ccc(-c2ccc(=O)n(CC(=O)N3CCC(Cc4ccccc4)CC3)n2)cc1. The summed E-state index contributed by atoms with van der Waals surface area (Å²) in [6.45, 7) is 1.46. The van der Waals surface area contributed by atoms with Crippen molar-refractivity contribution in [2.75, 3.05) is 19.3 Å². The first-order valence-electron chi connectivity index (χ1n) is 10.7. The molecule has 1 amide bonds. The average molecular weight is 434 g/mol. The molecule has 0 spiro atoms. The molecule has 4 rings (SSSR count). The summed E-state index contributed by atoms with van der Waals surface area (Å²) in [5.41, 5.74) is 2.73. The van der Waals surface area contributed by atoms with E-state index in [-0.39, 0.29) is 18.0 Å². The maximum atomic E-state index is 12.8. The number of thioether (sulfide) groups is 1. The molecule has 2 heterocycles. The van der Waals surface area contributed by atoms with Gasteiger partial charge in [0.1, 0.15) is 6.54 Å². The molecule has 160 valence electrons. The Hall–Kier alpha value is -2.86. The molecule has 3 aromatic rings. The van der Waals surface area contributed by atoms with E-state index in [1.807, 2.05) is 41.5 Å². The number of nitrogens with zero attached hydrogens (tertiary/aromatic N) is 3. The smallest absolute Gasteiger partial charge is 0.267 e. The molecular formula is C25H27N3O2S. The van der Waals surface area contributed by atoms with E-state index in [9.17, 15) is 9.59 Å². The lowest BCUT2D eigenvalue weighted by molar-refractivity contribution is -0.133. The van der Waals surface area contributed by atoms with Crippen LogP contribution in [0.4, 0.5) is 0 Å². The molecule has 0 N–H and O–H groups in total. The Morgan fingerprint density at radius 1 is 1.00 bits per heavy atom. The molecule has 0 aliphatic carbocycles. The van der Waals surface area contributed by atoms with Gasteiger partial charge in [-0.1, -0.05) is 42.5 Å². The van der Waals surface area contributed by atoms with Gasteiger partial charge in [0.25, 0.3) is 5.56 Å². The lowest BCUT2D eigenvalue weighted by Crippen LogP contribution is -2.42. The van der Waals surface area contributed by atoms with Gasteiger partial charge in [-0.05, 0) is 55.2 Å². The molecule has 1 aliphatic heterocycles. The van der Waals surface area contributed by atoms with Crippen LogP contribution in [0, 0.1) is 5.92 Å². The van der Waals surface area contributed by atoms with Crippen molar-refractivity contribution in [2.24, 2.45) is 5.92 Å². The molecule has 0 saturated carbocycles. The van der Waals surface area contributed by atoms with E-state index in [1.165, 1.54) is 21.2 Å². The van der Waals surface area contributed by atoms with Crippen molar-refractivity contribution in [2.45, 2.75) is 30.7 Å². The molecule has 31 heavy (non-hydrogen) atoms. The van der Waals surface area contributed by atoms with Crippen molar-refractivity contribution in [1.82, 2.24) is 14.7 Å². The van der Waals surface area contributed by atoms with E-state index in [4.69, 9.17) is 0 Å². The maximum absolute atomic E-state index is 12.8. The number of carbonyl (C=O) groups excluding carboxylic acids is 1. The molecule has 0 unspecified atom stereocenters. The minimum absolute atomic E-state index is 0.0150. The van der Waals surface area contributed by atoms with E-state index in [2.05, 4.69) is 29.4 Å². The lowest BCUT2D eigenvalue weighted by Gasteiger charge is -2.32. The minimum atomic E-state index is -0.253. The van der Waals surface area contributed by atoms with Crippen LogP contribution < -0.4 is 5.56 Å². The van der Waals surface area contributed by atoms with Crippen LogP contribution in [-0.2, 0) is 17.8 Å². The van der Waals surface area contributed by atoms with Gasteiger partial charge < -0.3 is 4.90 Å². The summed E-state index contributed by atoms with van der Waals surface area (Å²) in [4.78, 5) is 28.2. The van der Waals surface area contributed by atoms with Crippen LogP contribution in [-0.4, -0.2) is 39.9 Å². The van der Waals surface area contributed by atoms with Crippen molar-refractivity contribution >= 4 is 17.7 Å². The molecule has 0 bridgehead atoms. The second kappa shape index (κ2) is 9.96. The first kappa shape index (κ1) is 21.4. The van der Waals surface area contributed by atoms with E-state index in [1.54, 1.807) is 17.8 Å². The Kier molecular flexibility index (Phi) is 6.87. The summed E-state index contributed by atoms with van der Waals surface area (Å²) in [5.74, 6) is 0.558. The molecule has 6 heteroatoms. The average Bonchev–Trinajstić information content (AvgIpc) is 2.82. The van der Waals surface area contributed by atoms with Crippen LogP contribution >= 0.6 is 11.8 Å². The van der Waals surface area contributed by atoms with Gasteiger partial charge in [-0.25, -0.2) is 4.68 Å². The maximum Gasteiger partial charge on any atom is 0.267 e. The first-order valence-corrected chi connectivity index (χ1v) is 11.9. The van der Waals surface area contributed by atoms with Gasteiger partial charge in [-0.15, -0.1) is 11.8 Å². The second-order valence-electron chi connectivity index (χ2n) is 7.96. The number of likely N-dealkylation sites (tertiary alicyclic amines) is 1. The zero-order chi connectivity index (χ0) is 21.6. The van der Waals surface area contributed by atoms with E-state index < -0.39 is 0 Å². The topological polar surface area (TPSA) is 55.2 Å². The highest BCUT2D eigenvalue weighted by Gasteiger charge is 2.23. The Bertz CT molecular complexity index is 1070. The van der Waals surface area contributed by atoms with Gasteiger partial charge in [0.2, 0.25) is 5.91 Å². The summed E-state index contributed by atoms with van der Waals surface area (Å²) < 4.78 is 1.29. The molecule has 2 aromatic carbocycles. The highest BCUT2D eigenvalue weighted by atomic mass is 32.2. The van der Waals surface area contributed by atoms with Crippen LogP contribution in [0.2, 0.25) is 0 Å². The van der Waals surface area contributed by atoms with Crippen LogP contribution in [0.3, 0.4) is 0 Å². The number of rotatable bonds is 6. The fourth-order valence-corrected chi connectivity index (χ4v) is 4.45. The van der Waals surface area contributed by atoms with Gasteiger partial charge in [0, 0.05) is 29.6 Å². The van der Waals surface area contributed by atoms with Crippen molar-refractivity contribution in [1.29, 1.82) is 0 Å². The highest BCUT2D eigenvalue weighted by molar-refractivity contribution is 7.98. The van der Waals surface area contributed by atoms with Crippen molar-refractivity contribution in [3.8, 4) is 11.3 Å². The van der Waals surface area contributed by atoms with E-state index >= 15 is 0 Å². The monoisotopic (exact) mass is 433 g/mol. The van der Waals surface area contributed by atoms with E-state index in [0.29, 0.717) is 11.6 Å². The van der Waals surface area contributed by atoms with Crippen LogP contribution in [0.25, 0.3) is 11.3 Å². The molecule has 0 radical (unpaired) electrons. The summed E-state index contributed by atoms with van der Waals surface area (Å²) in [5, 5.41) is 4.45. The number of amides is 1. The predicted molar refractivity (Wildman–Crippen MR) is 125 cm³/mol. The number of hydrogen-bond donors (Lipinski definition) is 0. The molecule has 1 aromatic heterocycles. The Labute approximate surface area is 187 Å². The van der Waals surface area contributed by atoms with Gasteiger partial charge in [-0.3, -0.25) is 9.59 Å². The molecule has 1 saturated heterocycles. The normalized spacial score (nSPS) is 14.5. The summed E-state index contributed by atoms with van der Waals surface area (Å²) in [6, 6.07) is 21.8. The van der Waals surface area contributed by atoms with Crippen LogP contribution in [0.15, 0.2) is 76.4 Å². The number of piperidine rings is 1. The number of carbonyl (C=O) groups is 1.